The van der Waals surface area contributed by atoms with Crippen LogP contribution in [-0.4, -0.2) is 22.4 Å². The standard InChI is InChI=1S/C20H24N2O3/c1-4-25-19(24)6-5-9-22-18(23)12-15-7-8-16-14(3)10-13(2)11-17(16)20(15)21-22/h10-12H,4-9H2,1-3H3. The number of aromatic nitrogens is 2. The van der Waals surface area contributed by atoms with E-state index in [0.717, 1.165) is 29.7 Å². The van der Waals surface area contributed by atoms with E-state index in [0.29, 0.717) is 26.0 Å². The largest absolute Gasteiger partial charge is 0.466 e. The van der Waals surface area contributed by atoms with Gasteiger partial charge in [0, 0.05) is 24.6 Å². The third-order valence-corrected chi connectivity index (χ3v) is 4.65. The highest BCUT2D eigenvalue weighted by molar-refractivity contribution is 5.71. The summed E-state index contributed by atoms with van der Waals surface area (Å²) in [5, 5.41) is 4.63. The van der Waals surface area contributed by atoms with Gasteiger partial charge in [-0.2, -0.15) is 5.10 Å². The van der Waals surface area contributed by atoms with E-state index in [2.05, 4.69) is 31.1 Å². The normalized spacial score (nSPS) is 12.4. The van der Waals surface area contributed by atoms with Crippen LogP contribution in [0.25, 0.3) is 11.3 Å². The number of carbonyl (C=O) groups excluding carboxylic acids is 1. The Morgan fingerprint density at radius 2 is 2.04 bits per heavy atom. The molecule has 0 bridgehead atoms. The highest BCUT2D eigenvalue weighted by atomic mass is 16.5. The first-order chi connectivity index (χ1) is 12.0. The topological polar surface area (TPSA) is 61.2 Å². The Labute approximate surface area is 147 Å². The van der Waals surface area contributed by atoms with Crippen LogP contribution in [-0.2, 0) is 28.9 Å². The van der Waals surface area contributed by atoms with Gasteiger partial charge in [0.15, 0.2) is 0 Å². The number of hydrogen-bond acceptors (Lipinski definition) is 4. The Morgan fingerprint density at radius 1 is 1.24 bits per heavy atom. The third-order valence-electron chi connectivity index (χ3n) is 4.65. The average molecular weight is 340 g/mol. The number of nitrogens with zero attached hydrogens (tertiary/aromatic N) is 2. The molecule has 0 N–H and O–H groups in total. The van der Waals surface area contributed by atoms with E-state index >= 15 is 0 Å². The minimum absolute atomic E-state index is 0.101. The van der Waals surface area contributed by atoms with Crippen LogP contribution in [0.1, 0.15) is 42.0 Å². The predicted octanol–water partition coefficient (Wildman–Crippen LogP) is 2.97. The van der Waals surface area contributed by atoms with Crippen LogP contribution in [0, 0.1) is 13.8 Å². The van der Waals surface area contributed by atoms with Crippen molar-refractivity contribution in [3.05, 3.63) is 50.8 Å². The predicted molar refractivity (Wildman–Crippen MR) is 96.7 cm³/mol. The van der Waals surface area contributed by atoms with Gasteiger partial charge in [-0.25, -0.2) is 4.68 Å². The summed E-state index contributed by atoms with van der Waals surface area (Å²) in [4.78, 5) is 23.8. The molecule has 0 atom stereocenters. The second kappa shape index (κ2) is 7.21. The highest BCUT2D eigenvalue weighted by Gasteiger charge is 2.21. The monoisotopic (exact) mass is 340 g/mol. The summed E-state index contributed by atoms with van der Waals surface area (Å²) in [7, 11) is 0. The zero-order valence-electron chi connectivity index (χ0n) is 15.1. The first kappa shape index (κ1) is 17.4. The lowest BCUT2D eigenvalue weighted by atomic mass is 9.86. The van der Waals surface area contributed by atoms with Crippen LogP contribution < -0.4 is 5.56 Å². The summed E-state index contributed by atoms with van der Waals surface area (Å²) >= 11 is 0. The Bertz CT molecular complexity index is 868. The molecule has 3 rings (SSSR count). The Balaban J connectivity index is 1.89. The lowest BCUT2D eigenvalue weighted by molar-refractivity contribution is -0.143. The number of ether oxygens (including phenoxy) is 1. The minimum Gasteiger partial charge on any atom is -0.466 e. The van der Waals surface area contributed by atoms with Gasteiger partial charge in [0.25, 0.3) is 5.56 Å². The summed E-state index contributed by atoms with van der Waals surface area (Å²) in [6.45, 7) is 6.80. The highest BCUT2D eigenvalue weighted by Crippen LogP contribution is 2.33. The van der Waals surface area contributed by atoms with E-state index in [1.807, 2.05) is 0 Å². The molecule has 0 aliphatic heterocycles. The smallest absolute Gasteiger partial charge is 0.305 e. The van der Waals surface area contributed by atoms with E-state index < -0.39 is 0 Å². The number of aryl methyl sites for hydroxylation is 4. The fourth-order valence-electron chi connectivity index (χ4n) is 3.51. The van der Waals surface area contributed by atoms with Gasteiger partial charge in [-0.3, -0.25) is 9.59 Å². The maximum absolute atomic E-state index is 12.3. The molecule has 1 aromatic heterocycles. The molecule has 0 spiro atoms. The van der Waals surface area contributed by atoms with E-state index in [-0.39, 0.29) is 11.5 Å². The van der Waals surface area contributed by atoms with Gasteiger partial charge >= 0.3 is 5.97 Å². The third kappa shape index (κ3) is 3.65. The minimum atomic E-state index is -0.231. The van der Waals surface area contributed by atoms with Crippen molar-refractivity contribution in [3.8, 4) is 11.3 Å². The van der Waals surface area contributed by atoms with Crippen LogP contribution in [0.2, 0.25) is 0 Å². The van der Waals surface area contributed by atoms with Crippen LogP contribution >= 0.6 is 0 Å². The number of benzene rings is 1. The maximum Gasteiger partial charge on any atom is 0.305 e. The molecule has 0 saturated heterocycles. The number of rotatable bonds is 5. The van der Waals surface area contributed by atoms with Crippen molar-refractivity contribution in [2.75, 3.05) is 6.61 Å². The van der Waals surface area contributed by atoms with Crippen LogP contribution in [0.5, 0.6) is 0 Å². The molecule has 0 saturated carbocycles. The van der Waals surface area contributed by atoms with Crippen molar-refractivity contribution in [1.82, 2.24) is 9.78 Å². The summed E-state index contributed by atoms with van der Waals surface area (Å²) in [5.74, 6) is -0.231. The van der Waals surface area contributed by atoms with Crippen molar-refractivity contribution in [2.24, 2.45) is 0 Å². The summed E-state index contributed by atoms with van der Waals surface area (Å²) in [6, 6.07) is 6.05. The molecule has 0 amide bonds. The van der Waals surface area contributed by atoms with Gasteiger partial charge < -0.3 is 4.74 Å². The van der Waals surface area contributed by atoms with Gasteiger partial charge in [0.05, 0.1) is 12.3 Å². The molecule has 0 radical (unpaired) electrons. The van der Waals surface area contributed by atoms with Crippen molar-refractivity contribution in [3.63, 3.8) is 0 Å². The molecule has 1 aliphatic rings. The maximum atomic E-state index is 12.3. The average Bonchev–Trinajstić information content (AvgIpc) is 2.55. The van der Waals surface area contributed by atoms with E-state index in [1.54, 1.807) is 13.0 Å². The number of esters is 1. The summed E-state index contributed by atoms with van der Waals surface area (Å²) < 4.78 is 6.40. The molecule has 0 unspecified atom stereocenters. The first-order valence-corrected chi connectivity index (χ1v) is 8.86. The number of fused-ring (bicyclic) bond motifs is 3. The first-order valence-electron chi connectivity index (χ1n) is 8.86. The van der Waals surface area contributed by atoms with Crippen molar-refractivity contribution >= 4 is 5.97 Å². The van der Waals surface area contributed by atoms with Crippen molar-refractivity contribution in [1.29, 1.82) is 0 Å². The molecule has 1 heterocycles. The van der Waals surface area contributed by atoms with Crippen LogP contribution in [0.3, 0.4) is 0 Å². The quantitative estimate of drug-likeness (QED) is 0.785. The van der Waals surface area contributed by atoms with E-state index in [1.165, 1.54) is 21.4 Å². The Morgan fingerprint density at radius 3 is 2.80 bits per heavy atom. The molecule has 0 fully saturated rings. The second-order valence-corrected chi connectivity index (χ2v) is 6.60. The zero-order valence-corrected chi connectivity index (χ0v) is 15.1. The summed E-state index contributed by atoms with van der Waals surface area (Å²) in [5.41, 5.74) is 6.76. The lowest BCUT2D eigenvalue weighted by Crippen LogP contribution is -2.26. The van der Waals surface area contributed by atoms with Gasteiger partial charge in [-0.1, -0.05) is 11.6 Å². The Hall–Kier alpha value is -2.43. The van der Waals surface area contributed by atoms with Gasteiger partial charge in [-0.15, -0.1) is 0 Å². The van der Waals surface area contributed by atoms with E-state index in [4.69, 9.17) is 4.74 Å². The molecule has 25 heavy (non-hydrogen) atoms. The molecular formula is C20H24N2O3. The molecule has 1 aliphatic carbocycles. The number of hydrogen-bond donors (Lipinski definition) is 0. The van der Waals surface area contributed by atoms with Gasteiger partial charge in [-0.05, 0) is 62.8 Å². The lowest BCUT2D eigenvalue weighted by Gasteiger charge is -2.22. The molecule has 132 valence electrons. The van der Waals surface area contributed by atoms with Crippen molar-refractivity contribution < 1.29 is 9.53 Å². The summed E-state index contributed by atoms with van der Waals surface area (Å²) in [6.07, 6.45) is 2.64. The SMILES string of the molecule is CCOC(=O)CCCn1nc2c(cc1=O)CCc1c(C)cc(C)cc1-2. The van der Waals surface area contributed by atoms with Crippen LogP contribution in [0.15, 0.2) is 23.0 Å². The fourth-order valence-corrected chi connectivity index (χ4v) is 3.51. The Kier molecular flexibility index (Phi) is 5.02. The molecule has 2 aromatic rings. The fraction of sp³-hybridized carbons (Fsp3) is 0.450. The molecule has 1 aromatic carbocycles. The molecule has 5 heteroatoms. The second-order valence-electron chi connectivity index (χ2n) is 6.60. The van der Waals surface area contributed by atoms with E-state index in [9.17, 15) is 9.59 Å². The van der Waals surface area contributed by atoms with Gasteiger partial charge in [0.2, 0.25) is 0 Å². The molecular weight excluding hydrogens is 316 g/mol. The molecule has 5 nitrogen and oxygen atoms in total. The van der Waals surface area contributed by atoms with Crippen molar-refractivity contribution in [2.45, 2.75) is 53.0 Å². The van der Waals surface area contributed by atoms with Gasteiger partial charge in [0.1, 0.15) is 0 Å². The van der Waals surface area contributed by atoms with Crippen LogP contribution in [0.4, 0.5) is 0 Å². The zero-order chi connectivity index (χ0) is 18.0. The number of carbonyl (C=O) groups is 1.